The predicted molar refractivity (Wildman–Crippen MR) is 401 cm³/mol. The Morgan fingerprint density at radius 2 is 1.01 bits per heavy atom. The van der Waals surface area contributed by atoms with Crippen molar-refractivity contribution in [1.82, 2.24) is 60.9 Å². The fourth-order valence-corrected chi connectivity index (χ4v) is 13.3. The summed E-state index contributed by atoms with van der Waals surface area (Å²) in [6.07, 6.45) is 1.70. The molecule has 2 saturated heterocycles. The van der Waals surface area contributed by atoms with Gasteiger partial charge in [0, 0.05) is 74.5 Å². The number of rotatable bonds is 25. The Labute approximate surface area is 623 Å². The largest absolute Gasteiger partial charge is 0.396 e. The average molecular weight is 1470 g/mol. The lowest BCUT2D eigenvalue weighted by molar-refractivity contribution is -0.151. The highest BCUT2D eigenvalue weighted by atomic mass is 16.5. The van der Waals surface area contributed by atoms with E-state index < -0.39 is 150 Å². The number of hydrogen-bond donors (Lipinski definition) is 7. The highest BCUT2D eigenvalue weighted by Crippen LogP contribution is 2.23. The predicted octanol–water partition coefficient (Wildman–Crippen LogP) is 4.23. The first-order valence-corrected chi connectivity index (χ1v) is 38.0. The van der Waals surface area contributed by atoms with Crippen molar-refractivity contribution in [3.8, 4) is 0 Å². The zero-order chi connectivity index (χ0) is 78.4. The lowest BCUT2D eigenvalue weighted by Crippen LogP contribution is -2.62. The SMILES string of the molecule is CCCN1CC(=O)N(C)[C@@H](CC(C)C)C(=O)N[C@@H](COCCC(C)C)C(=O)N(C)[C@@H](Cc2ccccc2)C(=O)N(C)[C@@H](CC(C)C)C(=O)N[C@H](C(=O)N2CCCCC2)CC(=O)N[C@H](CC)C(=O)N(C)[C@@H](CCc2ccccc2)C(=O)N[C@@H](CCCCO)C(=O)N(C)[C@@H](CC(C)C)C(=O)N[C@@H]([C@@H](C)O)C1=O. The first kappa shape index (κ1) is 89.4. The van der Waals surface area contributed by atoms with Gasteiger partial charge in [-0.1, -0.05) is 130 Å². The van der Waals surface area contributed by atoms with Gasteiger partial charge in [-0.05, 0) is 132 Å². The van der Waals surface area contributed by atoms with Gasteiger partial charge in [-0.25, -0.2) is 0 Å². The minimum Gasteiger partial charge on any atom is -0.396 e. The Morgan fingerprint density at radius 1 is 0.524 bits per heavy atom. The maximum absolute atomic E-state index is 15.6. The van der Waals surface area contributed by atoms with Gasteiger partial charge in [0.25, 0.3) is 0 Å². The van der Waals surface area contributed by atoms with Crippen molar-refractivity contribution in [3.63, 3.8) is 0 Å². The van der Waals surface area contributed by atoms with E-state index in [4.69, 9.17) is 4.74 Å². The van der Waals surface area contributed by atoms with Crippen molar-refractivity contribution >= 4 is 70.9 Å². The third kappa shape index (κ3) is 28.0. The second-order valence-electron chi connectivity index (χ2n) is 30.2. The molecular weight excluding hydrogens is 1340 g/mol. The van der Waals surface area contributed by atoms with Crippen molar-refractivity contribution in [2.45, 2.75) is 245 Å². The number of aryl methyl sites for hydroxylation is 1. The van der Waals surface area contributed by atoms with Gasteiger partial charge in [0.15, 0.2) is 0 Å². The molecule has 12 amide bonds. The molecular formula is C78H126N12O15. The summed E-state index contributed by atoms with van der Waals surface area (Å²) in [5.41, 5.74) is 1.47. The van der Waals surface area contributed by atoms with Gasteiger partial charge in [-0.3, -0.25) is 57.5 Å². The van der Waals surface area contributed by atoms with E-state index in [9.17, 15) is 34.2 Å². The van der Waals surface area contributed by atoms with Crippen LogP contribution in [0.3, 0.4) is 0 Å². The van der Waals surface area contributed by atoms with Crippen LogP contribution in [0.4, 0.5) is 0 Å². The Hall–Kier alpha value is -8.04. The van der Waals surface area contributed by atoms with E-state index in [2.05, 4.69) is 26.6 Å². The molecule has 0 bridgehead atoms. The summed E-state index contributed by atoms with van der Waals surface area (Å²) in [5.74, 6) is -9.40. The molecule has 0 aliphatic carbocycles. The van der Waals surface area contributed by atoms with Crippen LogP contribution >= 0.6 is 0 Å². The molecule has 2 aliphatic heterocycles. The molecule has 27 heteroatoms. The number of aliphatic hydroxyl groups is 2. The van der Waals surface area contributed by atoms with Crippen LogP contribution in [0.5, 0.6) is 0 Å². The van der Waals surface area contributed by atoms with Crippen LogP contribution in [0.25, 0.3) is 0 Å². The zero-order valence-electron chi connectivity index (χ0n) is 65.5. The van der Waals surface area contributed by atoms with Gasteiger partial charge in [-0.15, -0.1) is 0 Å². The number of ether oxygens (including phenoxy) is 1. The number of carbonyl (C=O) groups excluding carboxylic acids is 12. The minimum atomic E-state index is -1.67. The standard InChI is InChI=1S/C78H126N12O15/c1-17-38-90-48-67(94)84(12)62(43-51(5)6)70(96)82-60(49-105-42-37-50(3)4)75(101)88(16)65(46-56-32-24-20-25-33-56)77(103)87(15)63(44-52(7)8)71(97)81-59(76(102)89-39-27-21-28-40-89)47-66(93)79-57(18-2)73(99)85(13)61(36-35-55-30-22-19-23-31-55)69(95)80-58(34-26-29-41-91)74(100)86(14)64(45-53(9)10)72(98)83-68(54(11)92)78(90)104/h19-20,22-25,30-33,50-54,57-65,68,91-92H,17-18,21,26-29,34-49H2,1-16H3,(H,79,93)(H,80,95)(H,81,97)(H,82,96)(H,83,98)/t54-,57-,58+,59+,60+,61+,62+,63+,64+,65+,68+/m1/s1. The number of benzene rings is 2. The van der Waals surface area contributed by atoms with Gasteiger partial charge < -0.3 is 75.8 Å². The molecule has 0 unspecified atom stereocenters. The maximum Gasteiger partial charge on any atom is 0.248 e. The van der Waals surface area contributed by atoms with Crippen molar-refractivity contribution < 1.29 is 72.5 Å². The zero-order valence-corrected chi connectivity index (χ0v) is 65.5. The highest BCUT2D eigenvalue weighted by Gasteiger charge is 2.43. The topological polar surface area (TPSA) is 337 Å². The van der Waals surface area contributed by atoms with Gasteiger partial charge in [0.05, 0.1) is 25.7 Å². The molecule has 7 N–H and O–H groups in total. The number of nitrogens with one attached hydrogen (secondary N) is 5. The van der Waals surface area contributed by atoms with Crippen molar-refractivity contribution in [2.24, 2.45) is 23.7 Å². The number of likely N-dealkylation sites (N-methyl/N-ethyl adjacent to an activating group) is 5. The summed E-state index contributed by atoms with van der Waals surface area (Å²) in [6.45, 7) is 19.4. The molecule has 27 nitrogen and oxygen atoms in total. The molecule has 2 aliphatic rings. The molecule has 0 spiro atoms. The van der Waals surface area contributed by atoms with Crippen LogP contribution in [0, 0.1) is 23.7 Å². The summed E-state index contributed by atoms with van der Waals surface area (Å²) in [7, 11) is 7.04. The lowest BCUT2D eigenvalue weighted by atomic mass is 9.98. The normalized spacial score (nSPS) is 24.3. The second kappa shape index (κ2) is 44.8. The van der Waals surface area contributed by atoms with E-state index in [-0.39, 0.29) is 114 Å². The second-order valence-corrected chi connectivity index (χ2v) is 30.2. The monoisotopic (exact) mass is 1470 g/mol. The molecule has 588 valence electrons. The first-order chi connectivity index (χ1) is 49.7. The average Bonchev–Trinajstić information content (AvgIpc) is 0.818. The van der Waals surface area contributed by atoms with E-state index in [1.807, 2.05) is 85.7 Å². The number of piperidine rings is 1. The van der Waals surface area contributed by atoms with Gasteiger partial charge >= 0.3 is 0 Å². The molecule has 0 radical (unpaired) electrons. The molecule has 0 aromatic heterocycles. The first-order valence-electron chi connectivity index (χ1n) is 38.0. The Morgan fingerprint density at radius 3 is 1.54 bits per heavy atom. The number of carbonyl (C=O) groups is 12. The highest BCUT2D eigenvalue weighted by molar-refractivity contribution is 6.00. The van der Waals surface area contributed by atoms with Crippen LogP contribution in [-0.2, 0) is 75.1 Å². The van der Waals surface area contributed by atoms with Crippen LogP contribution < -0.4 is 26.6 Å². The summed E-state index contributed by atoms with van der Waals surface area (Å²) in [4.78, 5) is 190. The third-order valence-corrected chi connectivity index (χ3v) is 19.7. The lowest BCUT2D eigenvalue weighted by Gasteiger charge is -2.37. The van der Waals surface area contributed by atoms with Crippen LogP contribution in [0.15, 0.2) is 60.7 Å². The fraction of sp³-hybridized carbons (Fsp3) is 0.692. The number of aliphatic hydroxyl groups excluding tert-OH is 2. The van der Waals surface area contributed by atoms with E-state index in [0.29, 0.717) is 44.3 Å². The molecule has 0 saturated carbocycles. The summed E-state index contributed by atoms with van der Waals surface area (Å²) in [6, 6.07) is 4.30. The number of amides is 12. The van der Waals surface area contributed by atoms with E-state index in [1.165, 1.54) is 71.6 Å². The number of unbranched alkanes of at least 4 members (excludes halogenated alkanes) is 1. The molecule has 2 heterocycles. The maximum atomic E-state index is 15.6. The van der Waals surface area contributed by atoms with Gasteiger partial charge in [0.2, 0.25) is 70.9 Å². The Kier molecular flexibility index (Phi) is 38.1. The summed E-state index contributed by atoms with van der Waals surface area (Å²) < 4.78 is 6.14. The van der Waals surface area contributed by atoms with Gasteiger partial charge in [0.1, 0.15) is 60.4 Å². The summed E-state index contributed by atoms with van der Waals surface area (Å²) in [5, 5.41) is 35.5. The van der Waals surface area contributed by atoms with Crippen LogP contribution in [0.1, 0.15) is 177 Å². The van der Waals surface area contributed by atoms with Crippen LogP contribution in [-0.4, -0.2) is 263 Å². The van der Waals surface area contributed by atoms with E-state index in [1.54, 1.807) is 49.1 Å². The third-order valence-electron chi connectivity index (χ3n) is 19.7. The van der Waals surface area contributed by atoms with Crippen molar-refractivity contribution in [3.05, 3.63) is 71.8 Å². The molecule has 2 aromatic carbocycles. The smallest absolute Gasteiger partial charge is 0.248 e. The molecule has 11 atom stereocenters. The van der Waals surface area contributed by atoms with Gasteiger partial charge in [-0.2, -0.15) is 0 Å². The minimum absolute atomic E-state index is 0.000411. The molecule has 2 fully saturated rings. The molecule has 105 heavy (non-hydrogen) atoms. The fourth-order valence-electron chi connectivity index (χ4n) is 13.3. The Balaban J connectivity index is 2.01. The molecule has 4 rings (SSSR count). The number of hydrogen-bond acceptors (Lipinski definition) is 15. The Bertz CT molecular complexity index is 3130. The quantitative estimate of drug-likeness (QED) is 0.0684. The number of likely N-dealkylation sites (tertiary alicyclic amines) is 1. The number of nitrogens with zero attached hydrogens (tertiary/aromatic N) is 7. The van der Waals surface area contributed by atoms with Crippen LogP contribution in [0.2, 0.25) is 0 Å². The molecule has 2 aromatic rings. The van der Waals surface area contributed by atoms with E-state index >= 15 is 33.6 Å². The summed E-state index contributed by atoms with van der Waals surface area (Å²) >= 11 is 0. The van der Waals surface area contributed by atoms with Crippen molar-refractivity contribution in [1.29, 1.82) is 0 Å². The van der Waals surface area contributed by atoms with E-state index in [0.717, 1.165) is 12.0 Å². The van der Waals surface area contributed by atoms with Crippen molar-refractivity contribution in [2.75, 3.05) is 81.2 Å².